The monoisotopic (exact) mass is 216 g/mol. The van der Waals surface area contributed by atoms with E-state index in [0.29, 0.717) is 5.75 Å². The van der Waals surface area contributed by atoms with E-state index in [2.05, 4.69) is 4.98 Å². The van der Waals surface area contributed by atoms with Gasteiger partial charge in [0.05, 0.1) is 5.97 Å². The van der Waals surface area contributed by atoms with Crippen LogP contribution in [0.5, 0.6) is 5.75 Å². The molecule has 0 N–H and O–H groups in total. The van der Waals surface area contributed by atoms with Gasteiger partial charge < -0.3 is 14.6 Å². The summed E-state index contributed by atoms with van der Waals surface area (Å²) in [5.74, 6) is -0.706. The maximum absolute atomic E-state index is 10.6. The number of nitrogens with zero attached hydrogens (tertiary/aromatic N) is 1. The molecule has 2 rings (SSSR count). The number of pyridine rings is 1. The Morgan fingerprint density at radius 1 is 1.44 bits per heavy atom. The van der Waals surface area contributed by atoms with Crippen LogP contribution in [0.25, 0.3) is 10.8 Å². The molecule has 0 aliphatic rings. The predicted octanol–water partition coefficient (Wildman–Crippen LogP) is 0.752. The fourth-order valence-corrected chi connectivity index (χ4v) is 1.43. The first-order valence-electron chi connectivity index (χ1n) is 4.89. The molecule has 1 aromatic carbocycles. The number of benzene rings is 1. The molecular formula is C12H10NO3-. The Bertz CT molecular complexity index is 519. The molecule has 0 bridgehead atoms. The van der Waals surface area contributed by atoms with E-state index in [9.17, 15) is 9.90 Å². The van der Waals surface area contributed by atoms with Gasteiger partial charge in [0.2, 0.25) is 0 Å². The number of aliphatic carboxylic acids is 1. The number of rotatable bonds is 3. The Labute approximate surface area is 92.5 Å². The number of carbonyl (C=O) groups is 1. The van der Waals surface area contributed by atoms with Gasteiger partial charge in [-0.2, -0.15) is 0 Å². The van der Waals surface area contributed by atoms with Gasteiger partial charge >= 0.3 is 0 Å². The van der Waals surface area contributed by atoms with Gasteiger partial charge in [-0.25, -0.2) is 0 Å². The first-order chi connectivity index (χ1) is 7.68. The molecule has 0 unspecified atom stereocenters. The summed E-state index contributed by atoms with van der Waals surface area (Å²) in [4.78, 5) is 14.6. The SMILES string of the molecule is C[C@H](Oc1cccc2cnccc12)C(=O)[O-]. The van der Waals surface area contributed by atoms with Gasteiger partial charge in [0.1, 0.15) is 11.9 Å². The second-order valence-corrected chi connectivity index (χ2v) is 3.43. The molecule has 2 aromatic rings. The number of hydrogen-bond donors (Lipinski definition) is 0. The third kappa shape index (κ3) is 1.95. The minimum Gasteiger partial charge on any atom is -0.546 e. The second kappa shape index (κ2) is 4.18. The average molecular weight is 216 g/mol. The van der Waals surface area contributed by atoms with Crippen LogP contribution in [0, 0.1) is 0 Å². The number of carboxylic acids is 1. The maximum atomic E-state index is 10.6. The van der Waals surface area contributed by atoms with E-state index in [1.807, 2.05) is 6.07 Å². The third-order valence-corrected chi connectivity index (χ3v) is 2.28. The minimum atomic E-state index is -1.23. The van der Waals surface area contributed by atoms with E-state index in [1.165, 1.54) is 6.92 Å². The largest absolute Gasteiger partial charge is 0.546 e. The highest BCUT2D eigenvalue weighted by Gasteiger charge is 2.07. The predicted molar refractivity (Wildman–Crippen MR) is 56.8 cm³/mol. The fraction of sp³-hybridized carbons (Fsp3) is 0.167. The van der Waals surface area contributed by atoms with E-state index in [-0.39, 0.29) is 0 Å². The van der Waals surface area contributed by atoms with Crippen molar-refractivity contribution in [2.75, 3.05) is 0 Å². The standard InChI is InChI=1S/C12H11NO3/c1-8(12(14)15)16-11-4-2-3-9-7-13-6-5-10(9)11/h2-8H,1H3,(H,14,15)/p-1/t8-/m0/s1. The highest BCUT2D eigenvalue weighted by molar-refractivity contribution is 5.87. The second-order valence-electron chi connectivity index (χ2n) is 3.43. The molecule has 0 aliphatic heterocycles. The van der Waals surface area contributed by atoms with Crippen LogP contribution in [0.2, 0.25) is 0 Å². The van der Waals surface area contributed by atoms with Crippen LogP contribution in [0.4, 0.5) is 0 Å². The number of carboxylic acid groups (broad SMARTS) is 1. The molecule has 1 aromatic heterocycles. The van der Waals surface area contributed by atoms with Crippen molar-refractivity contribution in [3.8, 4) is 5.75 Å². The summed E-state index contributed by atoms with van der Waals surface area (Å²) in [5.41, 5.74) is 0. The van der Waals surface area contributed by atoms with Crippen molar-refractivity contribution in [2.24, 2.45) is 0 Å². The lowest BCUT2D eigenvalue weighted by Crippen LogP contribution is -2.37. The summed E-state index contributed by atoms with van der Waals surface area (Å²) in [6.07, 6.45) is 2.36. The van der Waals surface area contributed by atoms with Crippen molar-refractivity contribution in [1.29, 1.82) is 0 Å². The van der Waals surface area contributed by atoms with Gasteiger partial charge in [-0.05, 0) is 19.1 Å². The normalized spacial score (nSPS) is 12.3. The lowest BCUT2D eigenvalue weighted by atomic mass is 10.1. The molecule has 0 saturated heterocycles. The zero-order valence-corrected chi connectivity index (χ0v) is 8.71. The maximum Gasteiger partial charge on any atom is 0.135 e. The van der Waals surface area contributed by atoms with E-state index in [4.69, 9.17) is 4.74 Å². The molecule has 4 heteroatoms. The van der Waals surface area contributed by atoms with E-state index in [0.717, 1.165) is 10.8 Å². The Morgan fingerprint density at radius 2 is 2.25 bits per heavy atom. The van der Waals surface area contributed by atoms with Crippen molar-refractivity contribution >= 4 is 16.7 Å². The summed E-state index contributed by atoms with van der Waals surface area (Å²) in [6.45, 7) is 1.44. The molecule has 0 aliphatic carbocycles. The highest BCUT2D eigenvalue weighted by atomic mass is 16.5. The van der Waals surface area contributed by atoms with Crippen molar-refractivity contribution in [2.45, 2.75) is 13.0 Å². The molecule has 0 spiro atoms. The number of hydrogen-bond acceptors (Lipinski definition) is 4. The van der Waals surface area contributed by atoms with Crippen LogP contribution in [-0.4, -0.2) is 17.1 Å². The minimum absolute atomic E-state index is 0.525. The van der Waals surface area contributed by atoms with Crippen molar-refractivity contribution < 1.29 is 14.6 Å². The van der Waals surface area contributed by atoms with Crippen LogP contribution in [0.15, 0.2) is 36.7 Å². The summed E-state index contributed by atoms with van der Waals surface area (Å²) in [7, 11) is 0. The van der Waals surface area contributed by atoms with E-state index in [1.54, 1.807) is 30.6 Å². The van der Waals surface area contributed by atoms with E-state index >= 15 is 0 Å². The number of aromatic nitrogens is 1. The first-order valence-corrected chi connectivity index (χ1v) is 4.89. The zero-order chi connectivity index (χ0) is 11.5. The van der Waals surface area contributed by atoms with Gasteiger partial charge in [-0.1, -0.05) is 12.1 Å². The molecule has 4 nitrogen and oxygen atoms in total. The smallest absolute Gasteiger partial charge is 0.135 e. The highest BCUT2D eigenvalue weighted by Crippen LogP contribution is 2.25. The van der Waals surface area contributed by atoms with Crippen LogP contribution >= 0.6 is 0 Å². The summed E-state index contributed by atoms with van der Waals surface area (Å²) in [6, 6.07) is 7.19. The lowest BCUT2D eigenvalue weighted by molar-refractivity contribution is -0.312. The van der Waals surface area contributed by atoms with Gasteiger partial charge in [0, 0.05) is 23.2 Å². The van der Waals surface area contributed by atoms with Crippen molar-refractivity contribution in [1.82, 2.24) is 4.98 Å². The fourth-order valence-electron chi connectivity index (χ4n) is 1.43. The van der Waals surface area contributed by atoms with Crippen LogP contribution in [0.3, 0.4) is 0 Å². The quantitative estimate of drug-likeness (QED) is 0.759. The molecule has 1 atom stereocenters. The summed E-state index contributed by atoms with van der Waals surface area (Å²) >= 11 is 0. The Hall–Kier alpha value is -2.10. The average Bonchev–Trinajstić information content (AvgIpc) is 2.29. The number of ether oxygens (including phenoxy) is 1. The van der Waals surface area contributed by atoms with E-state index < -0.39 is 12.1 Å². The molecule has 0 fully saturated rings. The van der Waals surface area contributed by atoms with Crippen molar-refractivity contribution in [3.63, 3.8) is 0 Å². The van der Waals surface area contributed by atoms with Gasteiger partial charge in [0.15, 0.2) is 0 Å². The first kappa shape index (κ1) is 10.4. The van der Waals surface area contributed by atoms with Crippen molar-refractivity contribution in [3.05, 3.63) is 36.7 Å². The molecule has 16 heavy (non-hydrogen) atoms. The van der Waals surface area contributed by atoms with Crippen LogP contribution in [0.1, 0.15) is 6.92 Å². The van der Waals surface area contributed by atoms with Gasteiger partial charge in [-0.15, -0.1) is 0 Å². The molecule has 82 valence electrons. The van der Waals surface area contributed by atoms with Gasteiger partial charge in [0.25, 0.3) is 0 Å². The summed E-state index contributed by atoms with van der Waals surface area (Å²) < 4.78 is 5.30. The number of carbonyl (C=O) groups excluding carboxylic acids is 1. The van der Waals surface area contributed by atoms with Gasteiger partial charge in [-0.3, -0.25) is 4.98 Å². The Kier molecular flexibility index (Phi) is 2.72. The third-order valence-electron chi connectivity index (χ3n) is 2.28. The zero-order valence-electron chi connectivity index (χ0n) is 8.71. The molecule has 1 heterocycles. The van der Waals surface area contributed by atoms with Crippen LogP contribution in [-0.2, 0) is 4.79 Å². The molecular weight excluding hydrogens is 206 g/mol. The lowest BCUT2D eigenvalue weighted by Gasteiger charge is -2.16. The Morgan fingerprint density at radius 3 is 3.00 bits per heavy atom. The summed E-state index contributed by atoms with van der Waals surface area (Å²) in [5, 5.41) is 12.3. The number of fused-ring (bicyclic) bond motifs is 1. The molecule has 0 amide bonds. The molecule has 0 radical (unpaired) electrons. The topological polar surface area (TPSA) is 62.2 Å². The molecule has 0 saturated carbocycles. The Balaban J connectivity index is 2.41. The van der Waals surface area contributed by atoms with Crippen LogP contribution < -0.4 is 9.84 Å².